The molecule has 0 spiro atoms. The number of rotatable bonds is 8. The summed E-state index contributed by atoms with van der Waals surface area (Å²) in [5, 5.41) is 5.64. The third kappa shape index (κ3) is 5.38. The van der Waals surface area contributed by atoms with Crippen LogP contribution in [0.3, 0.4) is 0 Å². The van der Waals surface area contributed by atoms with Crippen LogP contribution in [0.1, 0.15) is 26.2 Å². The van der Waals surface area contributed by atoms with Gasteiger partial charge in [-0.3, -0.25) is 14.6 Å². The van der Waals surface area contributed by atoms with Crippen LogP contribution >= 0.6 is 11.8 Å². The number of aliphatic imine (C=N–C) groups is 1. The van der Waals surface area contributed by atoms with Crippen molar-refractivity contribution in [2.24, 2.45) is 4.99 Å². The number of unbranched alkanes of at least 4 members (excludes halogenated alkanes) is 1. The molecule has 2 amide bonds. The van der Waals surface area contributed by atoms with E-state index < -0.39 is 5.25 Å². The normalized spacial score (nSPS) is 18.1. The topological polar surface area (TPSA) is 89.0 Å². The number of benzene rings is 1. The average molecular weight is 365 g/mol. The maximum absolute atomic E-state index is 12.2. The van der Waals surface area contributed by atoms with Crippen molar-refractivity contribution in [3.05, 3.63) is 18.2 Å². The summed E-state index contributed by atoms with van der Waals surface area (Å²) in [6, 6.07) is 5.11. The molecule has 2 rings (SSSR count). The van der Waals surface area contributed by atoms with Crippen LogP contribution in [0.2, 0.25) is 0 Å². The zero-order valence-corrected chi connectivity index (χ0v) is 15.4. The first-order chi connectivity index (χ1) is 12.1. The zero-order chi connectivity index (χ0) is 18.2. The first-order valence-corrected chi connectivity index (χ1v) is 8.99. The second-order valence-corrected chi connectivity index (χ2v) is 6.65. The summed E-state index contributed by atoms with van der Waals surface area (Å²) in [4.78, 5) is 28.5. The van der Waals surface area contributed by atoms with E-state index >= 15 is 0 Å². The number of thioether (sulfide) groups is 1. The lowest BCUT2D eigenvalue weighted by atomic mass is 10.2. The van der Waals surface area contributed by atoms with Crippen molar-refractivity contribution in [3.8, 4) is 11.5 Å². The van der Waals surface area contributed by atoms with Crippen molar-refractivity contribution in [2.45, 2.75) is 31.4 Å². The minimum atomic E-state index is -0.458. The van der Waals surface area contributed by atoms with Crippen LogP contribution in [0.15, 0.2) is 23.2 Å². The fourth-order valence-corrected chi connectivity index (χ4v) is 3.24. The summed E-state index contributed by atoms with van der Waals surface area (Å²) < 4.78 is 10.4. The smallest absolute Gasteiger partial charge is 0.240 e. The standard InChI is InChI=1S/C17H23N3O4S/c1-4-5-8-18-17-20-16(22)14(25-17)10-15(21)19-11-6-7-12(23-2)13(9-11)24-3/h6-7,9,14H,4-5,8,10H2,1-3H3,(H,19,21)(H,18,20,22)/t14-/m0/s1. The van der Waals surface area contributed by atoms with Gasteiger partial charge in [0.1, 0.15) is 5.25 Å². The van der Waals surface area contributed by atoms with E-state index in [2.05, 4.69) is 22.5 Å². The molecule has 25 heavy (non-hydrogen) atoms. The van der Waals surface area contributed by atoms with Gasteiger partial charge in [0.05, 0.1) is 14.2 Å². The predicted molar refractivity (Wildman–Crippen MR) is 99.5 cm³/mol. The monoisotopic (exact) mass is 365 g/mol. The Bertz CT molecular complexity index is 663. The van der Waals surface area contributed by atoms with Gasteiger partial charge in [-0.25, -0.2) is 0 Å². The van der Waals surface area contributed by atoms with E-state index in [4.69, 9.17) is 9.47 Å². The van der Waals surface area contributed by atoms with Crippen LogP contribution in [0.25, 0.3) is 0 Å². The highest BCUT2D eigenvalue weighted by Crippen LogP contribution is 2.30. The van der Waals surface area contributed by atoms with Gasteiger partial charge in [0.25, 0.3) is 0 Å². The molecule has 1 aliphatic heterocycles. The van der Waals surface area contributed by atoms with Crippen LogP contribution in [-0.2, 0) is 9.59 Å². The highest BCUT2D eigenvalue weighted by Gasteiger charge is 2.31. The number of amidine groups is 1. The van der Waals surface area contributed by atoms with Gasteiger partial charge in [-0.15, -0.1) is 0 Å². The number of hydrogen-bond acceptors (Lipinski definition) is 6. The van der Waals surface area contributed by atoms with Crippen molar-refractivity contribution in [1.82, 2.24) is 5.32 Å². The third-order valence-corrected chi connectivity index (χ3v) is 4.70. The van der Waals surface area contributed by atoms with Crippen molar-refractivity contribution in [2.75, 3.05) is 26.1 Å². The van der Waals surface area contributed by atoms with Crippen LogP contribution in [0, 0.1) is 0 Å². The Labute approximate surface area is 151 Å². The molecule has 1 aliphatic rings. The molecule has 1 aromatic carbocycles. The van der Waals surface area contributed by atoms with Crippen LogP contribution in [0.5, 0.6) is 11.5 Å². The van der Waals surface area contributed by atoms with Crippen LogP contribution in [-0.4, -0.2) is 43.0 Å². The highest BCUT2D eigenvalue weighted by atomic mass is 32.2. The Morgan fingerprint density at radius 3 is 2.76 bits per heavy atom. The Kier molecular flexibility index (Phi) is 7.12. The second kappa shape index (κ2) is 9.31. The summed E-state index contributed by atoms with van der Waals surface area (Å²) in [6.07, 6.45) is 2.11. The Hall–Kier alpha value is -2.22. The Morgan fingerprint density at radius 1 is 1.32 bits per heavy atom. The van der Waals surface area contributed by atoms with Crippen molar-refractivity contribution >= 4 is 34.4 Å². The largest absolute Gasteiger partial charge is 0.493 e. The molecule has 1 atom stereocenters. The van der Waals surface area contributed by atoms with E-state index in [-0.39, 0.29) is 18.2 Å². The van der Waals surface area contributed by atoms with Gasteiger partial charge >= 0.3 is 0 Å². The molecule has 8 heteroatoms. The van der Waals surface area contributed by atoms with Gasteiger partial charge in [0.15, 0.2) is 16.7 Å². The van der Waals surface area contributed by atoms with E-state index in [1.54, 1.807) is 25.3 Å². The van der Waals surface area contributed by atoms with Crippen molar-refractivity contribution < 1.29 is 19.1 Å². The van der Waals surface area contributed by atoms with E-state index in [1.165, 1.54) is 18.9 Å². The number of ether oxygens (including phenoxy) is 2. The maximum Gasteiger partial charge on any atom is 0.240 e. The van der Waals surface area contributed by atoms with Gasteiger partial charge in [0, 0.05) is 24.7 Å². The van der Waals surface area contributed by atoms with Crippen molar-refractivity contribution in [3.63, 3.8) is 0 Å². The molecule has 2 N–H and O–H groups in total. The first kappa shape index (κ1) is 19.1. The van der Waals surface area contributed by atoms with Gasteiger partial charge in [0.2, 0.25) is 11.8 Å². The molecule has 0 saturated carbocycles. The van der Waals surface area contributed by atoms with Crippen molar-refractivity contribution in [1.29, 1.82) is 0 Å². The Balaban J connectivity index is 1.92. The number of hydrogen-bond donors (Lipinski definition) is 2. The molecular weight excluding hydrogens is 342 g/mol. The zero-order valence-electron chi connectivity index (χ0n) is 14.6. The molecule has 0 unspecified atom stereocenters. The maximum atomic E-state index is 12.2. The number of methoxy groups -OCH3 is 2. The average Bonchev–Trinajstić information content (AvgIpc) is 2.94. The van der Waals surface area contributed by atoms with E-state index in [0.29, 0.717) is 28.9 Å². The Morgan fingerprint density at radius 2 is 2.08 bits per heavy atom. The number of amides is 2. The summed E-state index contributed by atoms with van der Waals surface area (Å²) in [7, 11) is 3.08. The molecule has 1 fully saturated rings. The lowest BCUT2D eigenvalue weighted by Crippen LogP contribution is -2.28. The molecule has 0 radical (unpaired) electrons. The molecule has 7 nitrogen and oxygen atoms in total. The summed E-state index contributed by atoms with van der Waals surface area (Å²) in [5.41, 5.74) is 0.586. The molecule has 0 aliphatic carbocycles. The van der Waals surface area contributed by atoms with Gasteiger partial charge in [-0.2, -0.15) is 0 Å². The predicted octanol–water partition coefficient (Wildman–Crippen LogP) is 2.42. The second-order valence-electron chi connectivity index (χ2n) is 5.46. The number of nitrogens with zero attached hydrogens (tertiary/aromatic N) is 1. The van der Waals surface area contributed by atoms with Gasteiger partial charge < -0.3 is 20.1 Å². The molecule has 1 heterocycles. The summed E-state index contributed by atoms with van der Waals surface area (Å²) in [6.45, 7) is 2.77. The first-order valence-electron chi connectivity index (χ1n) is 8.11. The molecule has 0 bridgehead atoms. The van der Waals surface area contributed by atoms with Crippen LogP contribution < -0.4 is 20.1 Å². The molecule has 1 saturated heterocycles. The minimum Gasteiger partial charge on any atom is -0.493 e. The molecule has 136 valence electrons. The van der Waals surface area contributed by atoms with Crippen LogP contribution in [0.4, 0.5) is 5.69 Å². The third-order valence-electron chi connectivity index (χ3n) is 3.58. The fourth-order valence-electron chi connectivity index (χ4n) is 2.25. The quantitative estimate of drug-likeness (QED) is 0.691. The summed E-state index contributed by atoms with van der Waals surface area (Å²) in [5.74, 6) is 0.690. The number of carbonyl (C=O) groups is 2. The van der Waals surface area contributed by atoms with E-state index in [0.717, 1.165) is 12.8 Å². The number of carbonyl (C=O) groups excluding carboxylic acids is 2. The number of anilines is 1. The summed E-state index contributed by atoms with van der Waals surface area (Å²) >= 11 is 1.31. The molecule has 1 aromatic rings. The van der Waals surface area contributed by atoms with E-state index in [1.807, 2.05) is 0 Å². The fraction of sp³-hybridized carbons (Fsp3) is 0.471. The SMILES string of the molecule is CCCCN=C1NC(=O)[C@H](CC(=O)Nc2ccc(OC)c(OC)c2)S1. The van der Waals surface area contributed by atoms with E-state index in [9.17, 15) is 9.59 Å². The number of nitrogens with one attached hydrogen (secondary N) is 2. The molecular formula is C17H23N3O4S. The highest BCUT2D eigenvalue weighted by molar-refractivity contribution is 8.15. The van der Waals surface area contributed by atoms with Gasteiger partial charge in [-0.05, 0) is 18.6 Å². The molecule has 0 aromatic heterocycles. The lowest BCUT2D eigenvalue weighted by molar-refractivity contribution is -0.122. The van der Waals surface area contributed by atoms with Gasteiger partial charge in [-0.1, -0.05) is 25.1 Å². The lowest BCUT2D eigenvalue weighted by Gasteiger charge is -2.11. The minimum absolute atomic E-state index is 0.0810.